The first-order chi connectivity index (χ1) is 15.0. The highest BCUT2D eigenvalue weighted by Crippen LogP contribution is 2.33. The van der Waals surface area contributed by atoms with Crippen LogP contribution in [0.25, 0.3) is 11.8 Å². The zero-order valence-electron chi connectivity index (χ0n) is 16.3. The topological polar surface area (TPSA) is 102 Å². The Bertz CT molecular complexity index is 1300. The summed E-state index contributed by atoms with van der Waals surface area (Å²) in [4.78, 5) is 11.2. The van der Waals surface area contributed by atoms with Crippen molar-refractivity contribution in [2.24, 2.45) is 10.2 Å². The van der Waals surface area contributed by atoms with Crippen LogP contribution >= 0.6 is 23.6 Å². The Morgan fingerprint density at radius 1 is 1.29 bits per heavy atom. The number of hydrogen-bond donors (Lipinski definition) is 1. The van der Waals surface area contributed by atoms with Crippen molar-refractivity contribution in [3.8, 4) is 17.3 Å². The highest BCUT2D eigenvalue weighted by Gasteiger charge is 2.19. The molecule has 0 saturated heterocycles. The number of hydrogen-bond acceptors (Lipinski definition) is 8. The number of rotatable bonds is 6. The van der Waals surface area contributed by atoms with Crippen LogP contribution in [-0.4, -0.2) is 33.1 Å². The van der Waals surface area contributed by atoms with E-state index in [0.717, 1.165) is 5.75 Å². The smallest absolute Gasteiger partial charge is 0.270 e. The minimum absolute atomic E-state index is 0.00893. The average molecular weight is 453 g/mol. The van der Waals surface area contributed by atoms with E-state index in [1.165, 1.54) is 29.7 Å². The lowest BCUT2D eigenvalue weighted by atomic mass is 10.0. The first-order valence-corrected chi connectivity index (χ1v) is 10.5. The van der Waals surface area contributed by atoms with Crippen LogP contribution in [0.15, 0.2) is 64.3 Å². The van der Waals surface area contributed by atoms with Crippen LogP contribution in [0.5, 0.6) is 11.6 Å². The number of allylic oxidation sites excluding steroid dienone is 1. The van der Waals surface area contributed by atoms with E-state index < -0.39 is 4.92 Å². The van der Waals surface area contributed by atoms with Gasteiger partial charge in [-0.05, 0) is 49.5 Å². The van der Waals surface area contributed by atoms with Gasteiger partial charge < -0.3 is 9.84 Å². The standard InChI is InChI=1S/C21H16N4O4S2/c1-2-29-17-8-6-15(7-9-17)24-20(26)18(31-21(24)30)11-14-12-22-23-19(14)13-4-3-5-16(10-13)25(27)28/h3-12,26H,2H2,1H3/b14-11+. The van der Waals surface area contributed by atoms with Crippen LogP contribution in [0.1, 0.15) is 17.4 Å². The van der Waals surface area contributed by atoms with Crippen molar-refractivity contribution in [2.45, 2.75) is 6.92 Å². The van der Waals surface area contributed by atoms with Gasteiger partial charge in [-0.2, -0.15) is 5.10 Å². The highest BCUT2D eigenvalue weighted by atomic mass is 32.1. The van der Waals surface area contributed by atoms with Gasteiger partial charge in [-0.25, -0.2) is 0 Å². The Hall–Kier alpha value is -3.63. The molecule has 156 valence electrons. The molecular weight excluding hydrogens is 436 g/mol. The van der Waals surface area contributed by atoms with Crippen molar-refractivity contribution in [3.63, 3.8) is 0 Å². The molecule has 0 aliphatic carbocycles. The molecule has 3 aromatic rings. The van der Waals surface area contributed by atoms with Crippen molar-refractivity contribution >= 4 is 47.2 Å². The Balaban J connectivity index is 1.69. The summed E-state index contributed by atoms with van der Waals surface area (Å²) in [6.45, 7) is 2.47. The summed E-state index contributed by atoms with van der Waals surface area (Å²) in [5.74, 6) is 0.722. The molecule has 0 fully saturated rings. The second kappa shape index (κ2) is 8.62. The second-order valence-electron chi connectivity index (χ2n) is 6.42. The predicted octanol–water partition coefficient (Wildman–Crippen LogP) is 5.15. The monoisotopic (exact) mass is 452 g/mol. The SMILES string of the molecule is CCOc1ccc(-n2c(O)c(/C=C3\C=NN=C3c3cccc([N+](=O)[O-])c3)sc2=S)cc1. The average Bonchev–Trinajstić information content (AvgIpc) is 3.33. The fraction of sp³-hybridized carbons (Fsp3) is 0.0952. The minimum atomic E-state index is -0.461. The molecule has 4 rings (SSSR count). The highest BCUT2D eigenvalue weighted by molar-refractivity contribution is 7.73. The summed E-state index contributed by atoms with van der Waals surface area (Å²) in [5.41, 5.74) is 2.33. The third-order valence-corrected chi connectivity index (χ3v) is 5.77. The van der Waals surface area contributed by atoms with Gasteiger partial charge >= 0.3 is 0 Å². The van der Waals surface area contributed by atoms with Gasteiger partial charge in [-0.3, -0.25) is 14.7 Å². The second-order valence-corrected chi connectivity index (χ2v) is 8.09. The molecule has 0 unspecified atom stereocenters. The number of aromatic hydroxyl groups is 1. The predicted molar refractivity (Wildman–Crippen MR) is 123 cm³/mol. The molecule has 1 aromatic heterocycles. The summed E-state index contributed by atoms with van der Waals surface area (Å²) in [5, 5.41) is 29.9. The Morgan fingerprint density at radius 3 is 2.77 bits per heavy atom. The molecular formula is C21H16N4O4S2. The molecule has 0 bridgehead atoms. The number of ether oxygens (including phenoxy) is 1. The molecule has 0 atom stereocenters. The zero-order chi connectivity index (χ0) is 22.0. The summed E-state index contributed by atoms with van der Waals surface area (Å²) < 4.78 is 7.49. The lowest BCUT2D eigenvalue weighted by molar-refractivity contribution is -0.384. The molecule has 0 radical (unpaired) electrons. The van der Waals surface area contributed by atoms with Gasteiger partial charge in [-0.15, -0.1) is 16.4 Å². The summed E-state index contributed by atoms with van der Waals surface area (Å²) in [6.07, 6.45) is 3.26. The largest absolute Gasteiger partial charge is 0.494 e. The Kier molecular flexibility index (Phi) is 5.74. The lowest BCUT2D eigenvalue weighted by Crippen LogP contribution is -2.03. The van der Waals surface area contributed by atoms with Crippen LogP contribution in [0.2, 0.25) is 0 Å². The third kappa shape index (κ3) is 4.16. The normalized spacial score (nSPS) is 14.1. The molecule has 8 nitrogen and oxygen atoms in total. The molecule has 10 heteroatoms. The quantitative estimate of drug-likeness (QED) is 0.316. The number of aromatic nitrogens is 1. The van der Waals surface area contributed by atoms with E-state index in [9.17, 15) is 15.2 Å². The summed E-state index contributed by atoms with van der Waals surface area (Å²) >= 11 is 6.70. The van der Waals surface area contributed by atoms with E-state index in [2.05, 4.69) is 10.2 Å². The van der Waals surface area contributed by atoms with E-state index in [1.807, 2.05) is 31.2 Å². The van der Waals surface area contributed by atoms with Gasteiger partial charge in [0.15, 0.2) is 3.95 Å². The first kappa shape index (κ1) is 20.6. The molecule has 2 heterocycles. The van der Waals surface area contributed by atoms with E-state index in [-0.39, 0.29) is 11.6 Å². The third-order valence-electron chi connectivity index (χ3n) is 4.46. The van der Waals surface area contributed by atoms with E-state index in [4.69, 9.17) is 17.0 Å². The number of benzene rings is 2. The van der Waals surface area contributed by atoms with Crippen LogP contribution in [0.3, 0.4) is 0 Å². The van der Waals surface area contributed by atoms with E-state index in [1.54, 1.807) is 22.8 Å². The molecule has 0 saturated carbocycles. The number of nitro groups is 1. The molecule has 2 aromatic carbocycles. The van der Waals surface area contributed by atoms with Gasteiger partial charge in [0.25, 0.3) is 5.69 Å². The van der Waals surface area contributed by atoms with Gasteiger partial charge in [0, 0.05) is 23.3 Å². The van der Waals surface area contributed by atoms with Gasteiger partial charge in [-0.1, -0.05) is 12.1 Å². The van der Waals surface area contributed by atoms with E-state index in [0.29, 0.717) is 38.0 Å². The number of thiazole rings is 1. The zero-order valence-corrected chi connectivity index (χ0v) is 17.9. The number of non-ortho nitro benzene ring substituents is 1. The molecule has 0 amide bonds. The van der Waals surface area contributed by atoms with E-state index >= 15 is 0 Å². The number of nitro benzene ring substituents is 1. The van der Waals surface area contributed by atoms with Gasteiger partial charge in [0.2, 0.25) is 5.88 Å². The van der Waals surface area contributed by atoms with Crippen molar-refractivity contribution in [3.05, 3.63) is 78.6 Å². The Labute approximate surface area is 186 Å². The van der Waals surface area contributed by atoms with Crippen molar-refractivity contribution < 1.29 is 14.8 Å². The van der Waals surface area contributed by atoms with Gasteiger partial charge in [0.1, 0.15) is 11.5 Å². The minimum Gasteiger partial charge on any atom is -0.494 e. The van der Waals surface area contributed by atoms with Crippen LogP contribution in [-0.2, 0) is 0 Å². The molecule has 31 heavy (non-hydrogen) atoms. The summed E-state index contributed by atoms with van der Waals surface area (Å²) in [6, 6.07) is 13.4. The Morgan fingerprint density at radius 2 is 2.06 bits per heavy atom. The maximum absolute atomic E-state index is 11.1. The van der Waals surface area contributed by atoms with Gasteiger partial charge in [0.05, 0.1) is 28.3 Å². The fourth-order valence-electron chi connectivity index (χ4n) is 3.07. The van der Waals surface area contributed by atoms with Crippen molar-refractivity contribution in [1.29, 1.82) is 0 Å². The van der Waals surface area contributed by atoms with Crippen molar-refractivity contribution in [1.82, 2.24) is 4.57 Å². The fourth-order valence-corrected chi connectivity index (χ4v) is 4.37. The maximum Gasteiger partial charge on any atom is 0.270 e. The summed E-state index contributed by atoms with van der Waals surface area (Å²) in [7, 11) is 0. The van der Waals surface area contributed by atoms with Crippen LogP contribution < -0.4 is 4.74 Å². The van der Waals surface area contributed by atoms with Crippen LogP contribution in [0, 0.1) is 14.1 Å². The molecule has 1 aliphatic rings. The number of nitrogens with zero attached hydrogens (tertiary/aromatic N) is 4. The molecule has 1 aliphatic heterocycles. The molecule has 0 spiro atoms. The maximum atomic E-state index is 11.1. The molecule has 1 N–H and O–H groups in total. The first-order valence-electron chi connectivity index (χ1n) is 9.24. The van der Waals surface area contributed by atoms with Crippen LogP contribution in [0.4, 0.5) is 5.69 Å². The van der Waals surface area contributed by atoms with Crippen molar-refractivity contribution in [2.75, 3.05) is 6.61 Å². The lowest BCUT2D eigenvalue weighted by Gasteiger charge is -2.07.